The fourth-order valence-electron chi connectivity index (χ4n) is 3.92. The van der Waals surface area contributed by atoms with Crippen LogP contribution in [-0.2, 0) is 11.2 Å². The van der Waals surface area contributed by atoms with Gasteiger partial charge in [0.1, 0.15) is 11.7 Å². The first-order valence-corrected chi connectivity index (χ1v) is 12.3. The lowest BCUT2D eigenvalue weighted by Crippen LogP contribution is -2.50. The van der Waals surface area contributed by atoms with Crippen LogP contribution in [0, 0.1) is 6.92 Å². The summed E-state index contributed by atoms with van der Waals surface area (Å²) in [4.78, 5) is 34.0. The van der Waals surface area contributed by atoms with Crippen LogP contribution < -0.4 is 10.6 Å². The van der Waals surface area contributed by atoms with Gasteiger partial charge in [0.05, 0.1) is 20.9 Å². The summed E-state index contributed by atoms with van der Waals surface area (Å²) in [6, 6.07) is 11.7. The van der Waals surface area contributed by atoms with Gasteiger partial charge in [-0.3, -0.25) is 9.59 Å². The van der Waals surface area contributed by atoms with Crippen molar-refractivity contribution in [1.82, 2.24) is 20.6 Å². The Kier molecular flexibility index (Phi) is 5.71. The molecule has 4 heterocycles. The molecule has 8 heteroatoms. The van der Waals surface area contributed by atoms with E-state index >= 15 is 0 Å². The topological polar surface area (TPSA) is 84.0 Å². The number of carbonyl (C=O) groups excluding carboxylic acids is 2. The van der Waals surface area contributed by atoms with E-state index in [1.54, 1.807) is 22.7 Å². The van der Waals surface area contributed by atoms with Gasteiger partial charge in [-0.25, -0.2) is 9.97 Å². The van der Waals surface area contributed by atoms with Gasteiger partial charge in [0, 0.05) is 17.5 Å². The summed E-state index contributed by atoms with van der Waals surface area (Å²) in [6.07, 6.45) is 2.20. The smallest absolute Gasteiger partial charge is 0.270 e. The first-order chi connectivity index (χ1) is 15.6. The van der Waals surface area contributed by atoms with Gasteiger partial charge in [-0.15, -0.1) is 22.7 Å². The maximum atomic E-state index is 12.9. The van der Waals surface area contributed by atoms with Crippen LogP contribution in [0.3, 0.4) is 0 Å². The number of thiazole rings is 1. The van der Waals surface area contributed by atoms with E-state index in [-0.39, 0.29) is 11.8 Å². The molecule has 5 rings (SSSR count). The van der Waals surface area contributed by atoms with Gasteiger partial charge < -0.3 is 10.6 Å². The van der Waals surface area contributed by atoms with Crippen LogP contribution in [0.5, 0.6) is 0 Å². The van der Waals surface area contributed by atoms with Crippen molar-refractivity contribution in [2.24, 2.45) is 0 Å². The molecule has 1 atom stereocenters. The van der Waals surface area contributed by atoms with E-state index in [9.17, 15) is 9.59 Å². The fourth-order valence-corrected chi connectivity index (χ4v) is 5.39. The van der Waals surface area contributed by atoms with Crippen molar-refractivity contribution in [3.63, 3.8) is 0 Å². The molecule has 1 unspecified atom stereocenters. The molecule has 0 saturated carbocycles. The predicted molar refractivity (Wildman–Crippen MR) is 128 cm³/mol. The lowest BCUT2D eigenvalue weighted by atomic mass is 10.0. The molecular weight excluding hydrogens is 440 g/mol. The number of hydrogen-bond donors (Lipinski definition) is 2. The zero-order chi connectivity index (χ0) is 22.1. The van der Waals surface area contributed by atoms with Crippen LogP contribution in [0.2, 0.25) is 0 Å². The fraction of sp³-hybridized carbons (Fsp3) is 0.250. The van der Waals surface area contributed by atoms with E-state index in [0.29, 0.717) is 25.1 Å². The van der Waals surface area contributed by atoms with E-state index in [2.05, 4.69) is 50.2 Å². The molecule has 1 aliphatic heterocycles. The van der Waals surface area contributed by atoms with Crippen molar-refractivity contribution in [3.8, 4) is 11.3 Å². The summed E-state index contributed by atoms with van der Waals surface area (Å²) in [5.41, 5.74) is 5.45. The molecule has 0 radical (unpaired) electrons. The van der Waals surface area contributed by atoms with Crippen molar-refractivity contribution in [2.45, 2.75) is 32.2 Å². The summed E-state index contributed by atoms with van der Waals surface area (Å²) in [7, 11) is 0. The molecule has 1 saturated heterocycles. The van der Waals surface area contributed by atoms with Gasteiger partial charge >= 0.3 is 0 Å². The largest absolute Gasteiger partial charge is 0.354 e. The summed E-state index contributed by atoms with van der Waals surface area (Å²) in [6.45, 7) is 2.67. The second-order valence-corrected chi connectivity index (χ2v) is 9.86. The Bertz CT molecular complexity index is 1290. The number of thiophene rings is 1. The van der Waals surface area contributed by atoms with E-state index < -0.39 is 6.04 Å². The van der Waals surface area contributed by atoms with Gasteiger partial charge in [-0.1, -0.05) is 24.3 Å². The number of aromatic nitrogens is 2. The number of rotatable bonds is 5. The molecule has 2 N–H and O–H groups in total. The zero-order valence-corrected chi connectivity index (χ0v) is 19.2. The molecule has 0 aliphatic carbocycles. The number of hydrogen-bond acceptors (Lipinski definition) is 6. The number of carbonyl (C=O) groups is 2. The Hall–Kier alpha value is -3.10. The molecule has 1 aliphatic rings. The highest BCUT2D eigenvalue weighted by atomic mass is 32.1. The SMILES string of the molecule is Cc1nc(-c2ccc(Cc3cc(C(=O)NC4CCCNC4=O)nc4ccsc34)cc2)cs1. The van der Waals surface area contributed by atoms with Crippen molar-refractivity contribution in [2.75, 3.05) is 6.54 Å². The van der Waals surface area contributed by atoms with Crippen LogP contribution in [0.25, 0.3) is 21.5 Å². The van der Waals surface area contributed by atoms with Crippen LogP contribution >= 0.6 is 22.7 Å². The molecule has 6 nitrogen and oxygen atoms in total. The van der Waals surface area contributed by atoms with Gasteiger partial charge in [-0.2, -0.15) is 0 Å². The summed E-state index contributed by atoms with van der Waals surface area (Å²) < 4.78 is 1.08. The maximum Gasteiger partial charge on any atom is 0.270 e. The lowest BCUT2D eigenvalue weighted by molar-refractivity contribution is -0.124. The number of benzene rings is 1. The average Bonchev–Trinajstić information content (AvgIpc) is 3.45. The number of pyridine rings is 1. The molecule has 1 fully saturated rings. The summed E-state index contributed by atoms with van der Waals surface area (Å²) >= 11 is 3.27. The molecule has 3 aromatic heterocycles. The minimum atomic E-state index is -0.499. The summed E-state index contributed by atoms with van der Waals surface area (Å²) in [5, 5.41) is 10.8. The Labute approximate surface area is 193 Å². The number of nitrogens with one attached hydrogen (secondary N) is 2. The Morgan fingerprint density at radius 3 is 2.78 bits per heavy atom. The predicted octanol–water partition coefficient (Wildman–Crippen LogP) is 4.33. The third kappa shape index (κ3) is 4.28. The van der Waals surface area contributed by atoms with Gasteiger partial charge in [-0.05, 0) is 54.8 Å². The molecular formula is C24H22N4O2S2. The second-order valence-electron chi connectivity index (χ2n) is 7.89. The Morgan fingerprint density at radius 2 is 2.03 bits per heavy atom. The van der Waals surface area contributed by atoms with Gasteiger partial charge in [0.15, 0.2) is 0 Å². The number of aryl methyl sites for hydroxylation is 1. The van der Waals surface area contributed by atoms with Crippen LogP contribution in [0.1, 0.15) is 39.5 Å². The minimum absolute atomic E-state index is 0.128. The van der Waals surface area contributed by atoms with Gasteiger partial charge in [0.25, 0.3) is 5.91 Å². The highest BCUT2D eigenvalue weighted by Crippen LogP contribution is 2.28. The van der Waals surface area contributed by atoms with Crippen molar-refractivity contribution < 1.29 is 9.59 Å². The number of nitrogens with zero attached hydrogens (tertiary/aromatic N) is 2. The molecule has 0 bridgehead atoms. The van der Waals surface area contributed by atoms with E-state index in [1.165, 1.54) is 0 Å². The standard InChI is InChI=1S/C24H22N4O2S2/c1-14-26-21(13-32-14)16-6-4-15(5-7-16)11-17-12-20(27-18-8-10-31-22(17)18)24(30)28-19-3-2-9-25-23(19)29/h4-8,10,12-13,19H,2-3,9,11H2,1H3,(H,25,29)(H,28,30). The second kappa shape index (κ2) is 8.80. The molecule has 32 heavy (non-hydrogen) atoms. The first kappa shape index (κ1) is 20.8. The number of piperidine rings is 1. The average molecular weight is 463 g/mol. The van der Waals surface area contributed by atoms with Crippen LogP contribution in [-0.4, -0.2) is 34.4 Å². The third-order valence-corrected chi connectivity index (χ3v) is 7.33. The first-order valence-electron chi connectivity index (χ1n) is 10.5. The van der Waals surface area contributed by atoms with Crippen LogP contribution in [0.4, 0.5) is 0 Å². The number of fused-ring (bicyclic) bond motifs is 1. The maximum absolute atomic E-state index is 12.9. The normalized spacial score (nSPS) is 16.2. The summed E-state index contributed by atoms with van der Waals surface area (Å²) in [5.74, 6) is -0.438. The Morgan fingerprint density at radius 1 is 1.19 bits per heavy atom. The van der Waals surface area contributed by atoms with E-state index in [4.69, 9.17) is 0 Å². The highest BCUT2D eigenvalue weighted by molar-refractivity contribution is 7.17. The molecule has 0 spiro atoms. The van der Waals surface area contributed by atoms with E-state index in [0.717, 1.165) is 44.0 Å². The Balaban J connectivity index is 1.39. The van der Waals surface area contributed by atoms with Crippen molar-refractivity contribution in [3.05, 3.63) is 69.0 Å². The lowest BCUT2D eigenvalue weighted by Gasteiger charge is -2.22. The highest BCUT2D eigenvalue weighted by Gasteiger charge is 2.25. The van der Waals surface area contributed by atoms with Gasteiger partial charge in [0.2, 0.25) is 5.91 Å². The molecule has 4 aromatic rings. The minimum Gasteiger partial charge on any atom is -0.354 e. The third-order valence-electron chi connectivity index (χ3n) is 5.57. The van der Waals surface area contributed by atoms with Crippen LogP contribution in [0.15, 0.2) is 47.2 Å². The van der Waals surface area contributed by atoms with Crippen molar-refractivity contribution in [1.29, 1.82) is 0 Å². The van der Waals surface area contributed by atoms with E-state index in [1.807, 2.05) is 24.4 Å². The molecule has 2 amide bonds. The quantitative estimate of drug-likeness (QED) is 0.462. The van der Waals surface area contributed by atoms with Crippen molar-refractivity contribution >= 4 is 44.7 Å². The molecule has 1 aromatic carbocycles. The number of amides is 2. The molecule has 162 valence electrons. The monoisotopic (exact) mass is 462 g/mol. The zero-order valence-electron chi connectivity index (χ0n) is 17.6.